The van der Waals surface area contributed by atoms with Gasteiger partial charge >= 0.3 is 29.6 Å². The van der Waals surface area contributed by atoms with Crippen molar-refractivity contribution in [1.82, 2.24) is 0 Å². The molecular formula is C9H11NaO5S. The number of ether oxygens (including phenoxy) is 1. The average molecular weight is 254 g/mol. The normalized spacial score (nSPS) is 10.3. The van der Waals surface area contributed by atoms with Crippen LogP contribution in [0.1, 0.15) is 11.8 Å². The van der Waals surface area contributed by atoms with Gasteiger partial charge in [-0.1, -0.05) is 0 Å². The Bertz CT molecular complexity index is 431. The van der Waals surface area contributed by atoms with Crippen LogP contribution in [0.4, 0.5) is 0 Å². The smallest absolute Gasteiger partial charge is 1.00 e. The maximum absolute atomic E-state index is 10.4. The van der Waals surface area contributed by atoms with Crippen molar-refractivity contribution in [2.75, 3.05) is 12.4 Å². The molecule has 0 spiro atoms. The molecule has 7 heteroatoms. The largest absolute Gasteiger partial charge is 1.00 e. The van der Waals surface area contributed by atoms with E-state index in [1.165, 1.54) is 0 Å². The molecule has 0 fully saturated rings. The fourth-order valence-electron chi connectivity index (χ4n) is 0.907. The maximum Gasteiger partial charge on any atom is 1.00 e. The van der Waals surface area contributed by atoms with Crippen molar-refractivity contribution in [2.45, 2.75) is 0 Å². The van der Waals surface area contributed by atoms with Crippen LogP contribution in [0, 0.1) is 0 Å². The molecular weight excluding hydrogens is 243 g/mol. The number of aldehydes is 1. The Morgan fingerprint density at radius 3 is 2.31 bits per heavy atom. The van der Waals surface area contributed by atoms with Crippen LogP contribution in [-0.4, -0.2) is 31.6 Å². The van der Waals surface area contributed by atoms with Gasteiger partial charge in [0.05, 0.1) is 0 Å². The second-order valence-corrected chi connectivity index (χ2v) is 4.39. The second-order valence-electron chi connectivity index (χ2n) is 2.82. The van der Waals surface area contributed by atoms with Crippen LogP contribution < -0.4 is 34.3 Å². The van der Waals surface area contributed by atoms with E-state index in [0.717, 1.165) is 0 Å². The van der Waals surface area contributed by atoms with Gasteiger partial charge in [0.25, 0.3) is 10.1 Å². The van der Waals surface area contributed by atoms with Gasteiger partial charge in [-0.05, 0) is 24.3 Å². The number of rotatable bonds is 5. The van der Waals surface area contributed by atoms with Crippen LogP contribution in [0.2, 0.25) is 0 Å². The number of hydrogen-bond donors (Lipinski definition) is 1. The van der Waals surface area contributed by atoms with Gasteiger partial charge < -0.3 is 6.16 Å². The predicted molar refractivity (Wildman–Crippen MR) is 54.9 cm³/mol. The van der Waals surface area contributed by atoms with Crippen LogP contribution in [0.5, 0.6) is 5.75 Å². The Morgan fingerprint density at radius 2 is 1.88 bits per heavy atom. The summed E-state index contributed by atoms with van der Waals surface area (Å²) in [5.74, 6) is -0.00754. The zero-order valence-electron chi connectivity index (χ0n) is 9.79. The van der Waals surface area contributed by atoms with E-state index < -0.39 is 15.9 Å². The van der Waals surface area contributed by atoms with Gasteiger partial charge in [0.15, 0.2) is 0 Å². The Hall–Kier alpha value is -0.400. The van der Waals surface area contributed by atoms with Crippen LogP contribution in [0.15, 0.2) is 24.3 Å². The van der Waals surface area contributed by atoms with Gasteiger partial charge in [-0.15, -0.1) is 0 Å². The molecule has 0 aliphatic heterocycles. The van der Waals surface area contributed by atoms with Gasteiger partial charge in [0, 0.05) is 5.56 Å². The predicted octanol–water partition coefficient (Wildman–Crippen LogP) is -2.12. The Kier molecular flexibility index (Phi) is 6.85. The molecule has 1 rings (SSSR count). The van der Waals surface area contributed by atoms with E-state index in [9.17, 15) is 13.2 Å². The standard InChI is InChI=1S/C9H10O5S.Na.H/c10-7-8-1-3-9(4-2-8)14-5-6-15(11,12)13;;/h1-4,7H,5-6H2,(H,11,12,13);;/q;+1;-1. The van der Waals surface area contributed by atoms with E-state index in [4.69, 9.17) is 9.29 Å². The first-order valence-corrected chi connectivity index (χ1v) is 5.75. The van der Waals surface area contributed by atoms with Gasteiger partial charge in [-0.3, -0.25) is 9.35 Å². The van der Waals surface area contributed by atoms with Crippen LogP contribution in [0.25, 0.3) is 0 Å². The summed E-state index contributed by atoms with van der Waals surface area (Å²) in [7, 11) is -3.99. The van der Waals surface area contributed by atoms with E-state index >= 15 is 0 Å². The summed E-state index contributed by atoms with van der Waals surface area (Å²) in [4.78, 5) is 10.3. The molecule has 0 radical (unpaired) electrons. The quantitative estimate of drug-likeness (QED) is 0.369. The molecule has 0 amide bonds. The van der Waals surface area contributed by atoms with Crippen LogP contribution in [0.3, 0.4) is 0 Å². The molecule has 0 heterocycles. The van der Waals surface area contributed by atoms with E-state index in [0.29, 0.717) is 17.6 Å². The average Bonchev–Trinajstić information content (AvgIpc) is 2.17. The van der Waals surface area contributed by atoms with E-state index in [1.807, 2.05) is 0 Å². The SMILES string of the molecule is O=Cc1ccc(OCCS(=O)(=O)O)cc1.[H-].[Na+]. The maximum atomic E-state index is 10.4. The molecule has 0 saturated carbocycles. The molecule has 5 nitrogen and oxygen atoms in total. The fourth-order valence-corrected chi connectivity index (χ4v) is 1.20. The zero-order valence-corrected chi connectivity index (χ0v) is 11.6. The molecule has 0 aliphatic rings. The minimum Gasteiger partial charge on any atom is -1.00 e. The van der Waals surface area contributed by atoms with Crippen molar-refractivity contribution in [3.8, 4) is 5.75 Å². The number of hydrogen-bond acceptors (Lipinski definition) is 4. The number of carbonyl (C=O) groups excluding carboxylic acids is 1. The van der Waals surface area contributed by atoms with Crippen LogP contribution >= 0.6 is 0 Å². The first kappa shape index (κ1) is 15.6. The first-order valence-electron chi connectivity index (χ1n) is 4.14. The van der Waals surface area contributed by atoms with Crippen molar-refractivity contribution >= 4 is 16.4 Å². The molecule has 0 bridgehead atoms. The molecule has 84 valence electrons. The first-order chi connectivity index (χ1) is 7.01. The van der Waals surface area contributed by atoms with Gasteiger partial charge in [-0.2, -0.15) is 8.42 Å². The summed E-state index contributed by atoms with van der Waals surface area (Å²) < 4.78 is 34.2. The van der Waals surface area contributed by atoms with E-state index in [2.05, 4.69) is 0 Å². The molecule has 0 aromatic heterocycles. The Morgan fingerprint density at radius 1 is 1.31 bits per heavy atom. The summed E-state index contributed by atoms with van der Waals surface area (Å²) >= 11 is 0. The molecule has 1 N–H and O–H groups in total. The molecule has 16 heavy (non-hydrogen) atoms. The third-order valence-corrected chi connectivity index (χ3v) is 2.31. The zero-order chi connectivity index (χ0) is 11.3. The second kappa shape index (κ2) is 7.03. The van der Waals surface area contributed by atoms with E-state index in [-0.39, 0.29) is 37.6 Å². The topological polar surface area (TPSA) is 80.7 Å². The van der Waals surface area contributed by atoms with Gasteiger partial charge in [-0.25, -0.2) is 0 Å². The third kappa shape index (κ3) is 6.24. The number of carbonyl (C=O) groups is 1. The third-order valence-electron chi connectivity index (χ3n) is 1.63. The molecule has 0 saturated heterocycles. The molecule has 1 aromatic carbocycles. The molecule has 1 aromatic rings. The van der Waals surface area contributed by atoms with Crippen molar-refractivity contribution in [3.05, 3.63) is 29.8 Å². The fraction of sp³-hybridized carbons (Fsp3) is 0.222. The minimum absolute atomic E-state index is 0. The molecule has 0 atom stereocenters. The Labute approximate surface area is 117 Å². The summed E-state index contributed by atoms with van der Waals surface area (Å²) in [6.45, 7) is -0.126. The van der Waals surface area contributed by atoms with Gasteiger partial charge in [0.2, 0.25) is 0 Å². The van der Waals surface area contributed by atoms with E-state index in [1.54, 1.807) is 24.3 Å². The Balaban J connectivity index is 0. The summed E-state index contributed by atoms with van der Waals surface area (Å²) in [5.41, 5.74) is 0.511. The number of benzene rings is 1. The van der Waals surface area contributed by atoms with Crippen molar-refractivity contribution in [3.63, 3.8) is 0 Å². The summed E-state index contributed by atoms with van der Waals surface area (Å²) in [5, 5.41) is 0. The summed E-state index contributed by atoms with van der Waals surface area (Å²) in [6.07, 6.45) is 0.696. The molecule has 0 unspecified atom stereocenters. The summed E-state index contributed by atoms with van der Waals surface area (Å²) in [6, 6.07) is 6.20. The van der Waals surface area contributed by atoms with Crippen molar-refractivity contribution in [2.24, 2.45) is 0 Å². The van der Waals surface area contributed by atoms with Gasteiger partial charge in [0.1, 0.15) is 24.4 Å². The monoisotopic (exact) mass is 254 g/mol. The van der Waals surface area contributed by atoms with Crippen LogP contribution in [-0.2, 0) is 10.1 Å². The van der Waals surface area contributed by atoms with Crippen molar-refractivity contribution < 1.29 is 53.5 Å². The van der Waals surface area contributed by atoms with Crippen molar-refractivity contribution in [1.29, 1.82) is 0 Å². The molecule has 0 aliphatic carbocycles. The minimum atomic E-state index is -3.99.